The molecule has 1 heterocycles. The molecule has 7 heteroatoms. The molecule has 2 aromatic carbocycles. The normalized spacial score (nSPS) is 10.7. The van der Waals surface area contributed by atoms with Crippen LogP contribution in [-0.4, -0.2) is 31.4 Å². The summed E-state index contributed by atoms with van der Waals surface area (Å²) in [4.78, 5) is 24.1. The fraction of sp³-hybridized carbons (Fsp3) is 0.167. The maximum atomic E-state index is 12.2. The van der Waals surface area contributed by atoms with Gasteiger partial charge in [0.2, 0.25) is 0 Å². The number of carbonyl (C=O) groups excluding carboxylic acids is 1. The molecule has 128 valence electrons. The van der Waals surface area contributed by atoms with E-state index in [4.69, 9.17) is 0 Å². The topological polar surface area (TPSA) is 88.0 Å². The van der Waals surface area contributed by atoms with Gasteiger partial charge in [-0.15, -0.1) is 5.10 Å². The Morgan fingerprint density at radius 3 is 2.56 bits per heavy atom. The summed E-state index contributed by atoms with van der Waals surface area (Å²) in [7, 11) is 0. The van der Waals surface area contributed by atoms with Crippen LogP contribution in [0.3, 0.4) is 0 Å². The maximum absolute atomic E-state index is 12.2. The Labute approximate surface area is 148 Å². The van der Waals surface area contributed by atoms with Gasteiger partial charge in [0, 0.05) is 12.1 Å². The van der Waals surface area contributed by atoms with Gasteiger partial charge < -0.3 is 5.11 Å². The van der Waals surface area contributed by atoms with Gasteiger partial charge in [-0.25, -0.2) is 9.89 Å². The van der Waals surface area contributed by atoms with Crippen LogP contribution in [0.15, 0.2) is 64.5 Å². The van der Waals surface area contributed by atoms with Crippen LogP contribution in [0.5, 0.6) is 5.75 Å². The highest BCUT2D eigenvalue weighted by atomic mass is 32.2. The van der Waals surface area contributed by atoms with E-state index in [9.17, 15) is 14.7 Å². The van der Waals surface area contributed by atoms with Crippen molar-refractivity contribution in [1.82, 2.24) is 14.8 Å². The highest BCUT2D eigenvalue weighted by Gasteiger charge is 2.12. The molecule has 3 aromatic rings. The summed E-state index contributed by atoms with van der Waals surface area (Å²) in [5, 5.41) is 16.2. The number of phenols is 1. The summed E-state index contributed by atoms with van der Waals surface area (Å²) < 4.78 is 1.54. The summed E-state index contributed by atoms with van der Waals surface area (Å²) in [5.74, 6) is 0.196. The number of nitrogens with one attached hydrogen (secondary N) is 1. The van der Waals surface area contributed by atoms with Gasteiger partial charge in [-0.1, -0.05) is 42.1 Å². The number of aromatic hydroxyl groups is 1. The molecule has 0 spiro atoms. The second-order valence-corrected chi connectivity index (χ2v) is 6.40. The summed E-state index contributed by atoms with van der Waals surface area (Å²) in [5.41, 5.74) is 1.36. The number of thioether (sulfide) groups is 1. The van der Waals surface area contributed by atoms with E-state index in [1.807, 2.05) is 30.3 Å². The summed E-state index contributed by atoms with van der Waals surface area (Å²) in [6, 6.07) is 16.0. The Morgan fingerprint density at radius 1 is 1.12 bits per heavy atom. The largest absolute Gasteiger partial charge is 0.508 e. The maximum Gasteiger partial charge on any atom is 0.343 e. The molecule has 0 saturated carbocycles. The van der Waals surface area contributed by atoms with Crippen LogP contribution >= 0.6 is 11.8 Å². The predicted octanol–water partition coefficient (Wildman–Crippen LogP) is 2.49. The number of Topliss-reactive ketones (excluding diaryl/α,β-unsaturated/α-hetero) is 1. The van der Waals surface area contributed by atoms with Gasteiger partial charge in [-0.05, 0) is 36.2 Å². The molecule has 25 heavy (non-hydrogen) atoms. The number of ketones is 1. The number of hydrogen-bond donors (Lipinski definition) is 2. The first-order chi connectivity index (χ1) is 12.1. The van der Waals surface area contributed by atoms with E-state index in [0.29, 0.717) is 23.7 Å². The predicted molar refractivity (Wildman–Crippen MR) is 96.2 cm³/mol. The fourth-order valence-corrected chi connectivity index (χ4v) is 3.22. The van der Waals surface area contributed by atoms with Crippen molar-refractivity contribution in [3.05, 3.63) is 76.2 Å². The van der Waals surface area contributed by atoms with Crippen molar-refractivity contribution in [2.45, 2.75) is 18.1 Å². The standard InChI is InChI=1S/C18H17N3O3S/c22-15-8-6-14(7-9-15)16(23)12-25-18-20-19-17(24)21(18)11-10-13-4-2-1-3-5-13/h1-9,22H,10-12H2,(H,19,24). The number of phenolic OH excluding ortho intramolecular Hbond substituents is 1. The Bertz CT molecular complexity index is 901. The molecule has 0 aliphatic carbocycles. The van der Waals surface area contributed by atoms with E-state index in [1.165, 1.54) is 23.9 Å². The lowest BCUT2D eigenvalue weighted by Gasteiger charge is -2.06. The molecule has 0 amide bonds. The molecule has 0 unspecified atom stereocenters. The van der Waals surface area contributed by atoms with Crippen LogP contribution in [-0.2, 0) is 13.0 Å². The average molecular weight is 355 g/mol. The Kier molecular flexibility index (Phi) is 5.35. The minimum atomic E-state index is -0.282. The average Bonchev–Trinajstić information content (AvgIpc) is 2.99. The van der Waals surface area contributed by atoms with E-state index >= 15 is 0 Å². The number of aryl methyl sites for hydroxylation is 1. The molecular formula is C18H17N3O3S. The molecule has 0 fully saturated rings. The number of aromatic amines is 1. The van der Waals surface area contributed by atoms with E-state index in [2.05, 4.69) is 10.2 Å². The van der Waals surface area contributed by atoms with Crippen molar-refractivity contribution < 1.29 is 9.90 Å². The van der Waals surface area contributed by atoms with Crippen LogP contribution in [0.1, 0.15) is 15.9 Å². The van der Waals surface area contributed by atoms with Gasteiger partial charge in [0.15, 0.2) is 10.9 Å². The second kappa shape index (κ2) is 7.85. The Balaban J connectivity index is 1.64. The lowest BCUT2D eigenvalue weighted by Crippen LogP contribution is -2.19. The van der Waals surface area contributed by atoms with Crippen molar-refractivity contribution in [1.29, 1.82) is 0 Å². The number of hydrogen-bond acceptors (Lipinski definition) is 5. The molecule has 0 bridgehead atoms. The zero-order chi connectivity index (χ0) is 17.6. The first-order valence-corrected chi connectivity index (χ1v) is 8.76. The van der Waals surface area contributed by atoms with Crippen LogP contribution in [0.2, 0.25) is 0 Å². The minimum absolute atomic E-state index is 0.0879. The highest BCUT2D eigenvalue weighted by molar-refractivity contribution is 7.99. The van der Waals surface area contributed by atoms with E-state index in [1.54, 1.807) is 16.7 Å². The van der Waals surface area contributed by atoms with Crippen molar-refractivity contribution in [2.75, 3.05) is 5.75 Å². The number of nitrogens with zero attached hydrogens (tertiary/aromatic N) is 2. The van der Waals surface area contributed by atoms with Gasteiger partial charge in [0.05, 0.1) is 5.75 Å². The van der Waals surface area contributed by atoms with Crippen molar-refractivity contribution in [2.24, 2.45) is 0 Å². The zero-order valence-electron chi connectivity index (χ0n) is 13.4. The quantitative estimate of drug-likeness (QED) is 0.502. The number of rotatable bonds is 7. The second-order valence-electron chi connectivity index (χ2n) is 5.46. The van der Waals surface area contributed by atoms with Crippen LogP contribution < -0.4 is 5.69 Å². The zero-order valence-corrected chi connectivity index (χ0v) is 14.2. The monoisotopic (exact) mass is 355 g/mol. The van der Waals surface area contributed by atoms with Gasteiger partial charge in [0.1, 0.15) is 5.75 Å². The lowest BCUT2D eigenvalue weighted by molar-refractivity contribution is 0.102. The molecule has 0 saturated heterocycles. The van der Waals surface area contributed by atoms with Gasteiger partial charge in [-0.2, -0.15) is 0 Å². The summed E-state index contributed by atoms with van der Waals surface area (Å²) in [6.07, 6.45) is 0.708. The van der Waals surface area contributed by atoms with Crippen LogP contribution in [0, 0.1) is 0 Å². The van der Waals surface area contributed by atoms with E-state index in [-0.39, 0.29) is 23.0 Å². The van der Waals surface area contributed by atoms with Crippen LogP contribution in [0.25, 0.3) is 0 Å². The van der Waals surface area contributed by atoms with Gasteiger partial charge in [-0.3, -0.25) is 9.36 Å². The van der Waals surface area contributed by atoms with Crippen molar-refractivity contribution >= 4 is 17.5 Å². The molecular weight excluding hydrogens is 338 g/mol. The van der Waals surface area contributed by atoms with Crippen LogP contribution in [0.4, 0.5) is 0 Å². The number of carbonyl (C=O) groups is 1. The molecule has 2 N–H and O–H groups in total. The van der Waals surface area contributed by atoms with Gasteiger partial charge >= 0.3 is 5.69 Å². The third-order valence-corrected chi connectivity index (χ3v) is 4.69. The summed E-state index contributed by atoms with van der Waals surface area (Å²) in [6.45, 7) is 0.495. The number of aromatic nitrogens is 3. The molecule has 1 aromatic heterocycles. The van der Waals surface area contributed by atoms with Crippen molar-refractivity contribution in [3.63, 3.8) is 0 Å². The Morgan fingerprint density at radius 2 is 1.84 bits per heavy atom. The Hall–Kier alpha value is -2.80. The van der Waals surface area contributed by atoms with Gasteiger partial charge in [0.25, 0.3) is 0 Å². The lowest BCUT2D eigenvalue weighted by atomic mass is 10.1. The van der Waals surface area contributed by atoms with E-state index < -0.39 is 0 Å². The first-order valence-electron chi connectivity index (χ1n) is 7.77. The number of benzene rings is 2. The smallest absolute Gasteiger partial charge is 0.343 e. The van der Waals surface area contributed by atoms with Crippen molar-refractivity contribution in [3.8, 4) is 5.75 Å². The first kappa shape index (κ1) is 17.0. The van der Waals surface area contributed by atoms with E-state index in [0.717, 1.165) is 5.56 Å². The molecule has 0 aliphatic heterocycles. The molecule has 3 rings (SSSR count). The SMILES string of the molecule is O=C(CSc1n[nH]c(=O)n1CCc1ccccc1)c1ccc(O)cc1. The number of H-pyrrole nitrogens is 1. The molecule has 0 radical (unpaired) electrons. The third-order valence-electron chi connectivity index (χ3n) is 3.71. The fourth-order valence-electron chi connectivity index (χ4n) is 2.36. The minimum Gasteiger partial charge on any atom is -0.508 e. The molecule has 0 atom stereocenters. The summed E-state index contributed by atoms with van der Waals surface area (Å²) >= 11 is 1.22. The molecule has 6 nitrogen and oxygen atoms in total. The molecule has 0 aliphatic rings. The third kappa shape index (κ3) is 4.39. The highest BCUT2D eigenvalue weighted by Crippen LogP contribution is 2.17.